The maximum Gasteiger partial charge on any atom is 0.417 e. The lowest BCUT2D eigenvalue weighted by Crippen LogP contribution is -2.58. The van der Waals surface area contributed by atoms with E-state index in [0.717, 1.165) is 11.0 Å². The highest BCUT2D eigenvalue weighted by atomic mass is 19.4. The summed E-state index contributed by atoms with van der Waals surface area (Å²) in [5.41, 5.74) is -3.49. The number of hydrogen-bond donors (Lipinski definition) is 2. The number of halogens is 3. The molecule has 0 radical (unpaired) electrons. The summed E-state index contributed by atoms with van der Waals surface area (Å²) in [6.45, 7) is 7.24. The third-order valence-electron chi connectivity index (χ3n) is 7.98. The van der Waals surface area contributed by atoms with Crippen LogP contribution in [0.1, 0.15) is 31.9 Å². The SMILES string of the molecule is CCNC(=O)Nc1ccc(OCCN2C[C@@]3(C)O[C@@](C)(C2)C2C(=O)N(c4ccc(C#N)c(C(F)(F)F)c4)C(=O)[C@H]23)cc1. The third-order valence-corrected chi connectivity index (χ3v) is 7.98. The van der Waals surface area contributed by atoms with Gasteiger partial charge >= 0.3 is 12.2 Å². The predicted molar refractivity (Wildman–Crippen MR) is 145 cm³/mol. The van der Waals surface area contributed by atoms with Gasteiger partial charge in [-0.15, -0.1) is 0 Å². The Morgan fingerprint density at radius 3 is 2.26 bits per heavy atom. The molecule has 4 amide bonds. The molecule has 5 rings (SSSR count). The Morgan fingerprint density at radius 2 is 1.71 bits per heavy atom. The molecule has 3 fully saturated rings. The van der Waals surface area contributed by atoms with E-state index in [1.54, 1.807) is 38.1 Å². The van der Waals surface area contributed by atoms with Gasteiger partial charge in [0.15, 0.2) is 0 Å². The van der Waals surface area contributed by atoms with Crippen LogP contribution in [0.4, 0.5) is 29.3 Å². The average Bonchev–Trinajstić information content (AvgIpc) is 3.29. The number of alkyl halides is 3. The summed E-state index contributed by atoms with van der Waals surface area (Å²) in [4.78, 5) is 41.8. The second-order valence-electron chi connectivity index (χ2n) is 11.1. The average molecular weight is 586 g/mol. The molecular formula is C29H30F3N5O5. The molecule has 0 aliphatic carbocycles. The van der Waals surface area contributed by atoms with E-state index in [1.807, 2.05) is 6.92 Å². The summed E-state index contributed by atoms with van der Waals surface area (Å²) in [5, 5.41) is 14.5. The first kappa shape index (κ1) is 29.3. The zero-order chi connectivity index (χ0) is 30.4. The number of morpholine rings is 1. The van der Waals surface area contributed by atoms with Crippen molar-refractivity contribution in [2.24, 2.45) is 11.8 Å². The number of likely N-dealkylation sites (tertiary alicyclic amines) is 1. The van der Waals surface area contributed by atoms with Crippen LogP contribution in [-0.2, 0) is 20.5 Å². The molecule has 2 aromatic rings. The Bertz CT molecular complexity index is 1420. The van der Waals surface area contributed by atoms with Crippen molar-refractivity contribution in [3.63, 3.8) is 0 Å². The Morgan fingerprint density at radius 1 is 1.10 bits per heavy atom. The first-order valence-electron chi connectivity index (χ1n) is 13.5. The van der Waals surface area contributed by atoms with Crippen molar-refractivity contribution in [3.05, 3.63) is 53.6 Å². The van der Waals surface area contributed by atoms with Crippen molar-refractivity contribution < 1.29 is 37.0 Å². The van der Waals surface area contributed by atoms with Gasteiger partial charge in [-0.25, -0.2) is 9.69 Å². The van der Waals surface area contributed by atoms with Crippen molar-refractivity contribution in [2.45, 2.75) is 38.1 Å². The van der Waals surface area contributed by atoms with Crippen molar-refractivity contribution in [3.8, 4) is 11.8 Å². The number of nitrogens with one attached hydrogen (secondary N) is 2. The molecule has 42 heavy (non-hydrogen) atoms. The van der Waals surface area contributed by atoms with Crippen LogP contribution in [0.15, 0.2) is 42.5 Å². The van der Waals surface area contributed by atoms with Gasteiger partial charge in [0.2, 0.25) is 11.8 Å². The van der Waals surface area contributed by atoms with E-state index >= 15 is 0 Å². The lowest BCUT2D eigenvalue weighted by molar-refractivity contribution is -0.169. The second kappa shape index (κ2) is 10.6. The minimum Gasteiger partial charge on any atom is -0.492 e. The van der Waals surface area contributed by atoms with Gasteiger partial charge in [-0.3, -0.25) is 14.5 Å². The number of imide groups is 1. The van der Waals surface area contributed by atoms with Crippen LogP contribution in [0.3, 0.4) is 0 Å². The number of nitrogens with zero attached hydrogens (tertiary/aromatic N) is 3. The van der Waals surface area contributed by atoms with Gasteiger partial charge in [-0.1, -0.05) is 0 Å². The number of anilines is 2. The maximum atomic E-state index is 13.6. The molecule has 4 atom stereocenters. The van der Waals surface area contributed by atoms with Crippen LogP contribution in [0.25, 0.3) is 0 Å². The Balaban J connectivity index is 1.27. The lowest BCUT2D eigenvalue weighted by Gasteiger charge is -2.45. The molecule has 0 saturated carbocycles. The third kappa shape index (κ3) is 5.16. The fraction of sp³-hybridized carbons (Fsp3) is 0.448. The Labute approximate surface area is 240 Å². The number of urea groups is 1. The number of benzene rings is 2. The van der Waals surface area contributed by atoms with Crippen LogP contribution in [0, 0.1) is 23.2 Å². The monoisotopic (exact) mass is 585 g/mol. The fourth-order valence-electron chi connectivity index (χ4n) is 6.44. The minimum absolute atomic E-state index is 0.214. The van der Waals surface area contributed by atoms with E-state index in [-0.39, 0.29) is 11.7 Å². The zero-order valence-electron chi connectivity index (χ0n) is 23.2. The number of fused-ring (bicyclic) bond motifs is 5. The van der Waals surface area contributed by atoms with Gasteiger partial charge in [-0.2, -0.15) is 18.4 Å². The summed E-state index contributed by atoms with van der Waals surface area (Å²) in [5.74, 6) is -2.39. The minimum atomic E-state index is -4.83. The molecule has 10 nitrogen and oxygen atoms in total. The largest absolute Gasteiger partial charge is 0.492 e. The standard InChI is InChI=1S/C29H30F3N5O5/c1-4-34-26(40)35-18-6-9-20(10-7-18)41-12-11-36-15-27(2)22-23(28(3,16-36)42-27)25(39)37(24(22)38)19-8-5-17(14-33)21(13-19)29(30,31)32/h5-10,13,22-23H,4,11-12,15-16H2,1-3H3,(H2,34,35,40)/t22-,23?,27+,28-/m0/s1. The number of nitriles is 1. The second-order valence-corrected chi connectivity index (χ2v) is 11.1. The molecule has 2 bridgehead atoms. The van der Waals surface area contributed by atoms with E-state index in [2.05, 4.69) is 15.5 Å². The molecule has 0 spiro atoms. The van der Waals surface area contributed by atoms with Gasteiger partial charge in [0.1, 0.15) is 12.4 Å². The van der Waals surface area contributed by atoms with Crippen LogP contribution in [-0.4, -0.2) is 66.7 Å². The fourth-order valence-corrected chi connectivity index (χ4v) is 6.44. The summed E-state index contributed by atoms with van der Waals surface area (Å²) < 4.78 is 53.0. The molecule has 1 unspecified atom stereocenters. The highest BCUT2D eigenvalue weighted by molar-refractivity contribution is 6.23. The van der Waals surface area contributed by atoms with E-state index in [4.69, 9.17) is 14.7 Å². The summed E-state index contributed by atoms with van der Waals surface area (Å²) in [7, 11) is 0. The highest BCUT2D eigenvalue weighted by Gasteiger charge is 2.71. The topological polar surface area (TPSA) is 124 Å². The molecule has 0 aromatic heterocycles. The van der Waals surface area contributed by atoms with Crippen molar-refractivity contribution in [1.82, 2.24) is 10.2 Å². The summed E-state index contributed by atoms with van der Waals surface area (Å²) >= 11 is 0. The van der Waals surface area contributed by atoms with Crippen molar-refractivity contribution >= 4 is 29.2 Å². The Hall–Kier alpha value is -4.15. The number of ether oxygens (including phenoxy) is 2. The number of rotatable bonds is 7. The van der Waals surface area contributed by atoms with Crippen LogP contribution in [0.5, 0.6) is 5.75 Å². The quantitative estimate of drug-likeness (QED) is 0.474. The molecule has 3 aliphatic rings. The van der Waals surface area contributed by atoms with Crippen LogP contribution in [0.2, 0.25) is 0 Å². The van der Waals surface area contributed by atoms with Gasteiger partial charge < -0.3 is 20.1 Å². The van der Waals surface area contributed by atoms with E-state index in [1.165, 1.54) is 12.1 Å². The molecule has 2 N–H and O–H groups in total. The molecular weight excluding hydrogens is 555 g/mol. The molecule has 222 valence electrons. The van der Waals surface area contributed by atoms with E-state index in [0.29, 0.717) is 50.3 Å². The van der Waals surface area contributed by atoms with Crippen molar-refractivity contribution in [2.75, 3.05) is 43.0 Å². The van der Waals surface area contributed by atoms with E-state index < -0.39 is 52.2 Å². The van der Waals surface area contributed by atoms with E-state index in [9.17, 15) is 27.6 Å². The number of carbonyl (C=O) groups is 3. The molecule has 3 aliphatic heterocycles. The van der Waals surface area contributed by atoms with Gasteiger partial charge in [0.05, 0.1) is 45.9 Å². The maximum absolute atomic E-state index is 13.6. The smallest absolute Gasteiger partial charge is 0.417 e. The van der Waals surface area contributed by atoms with Crippen LogP contribution < -0.4 is 20.3 Å². The zero-order valence-corrected chi connectivity index (χ0v) is 23.2. The summed E-state index contributed by atoms with van der Waals surface area (Å²) in [6, 6.07) is 11.0. The highest BCUT2D eigenvalue weighted by Crippen LogP contribution is 2.55. The molecule has 3 saturated heterocycles. The normalized spacial score (nSPS) is 27.0. The molecule has 3 heterocycles. The number of carbonyl (C=O) groups excluding carboxylic acids is 3. The number of amides is 4. The molecule has 13 heteroatoms. The first-order chi connectivity index (χ1) is 19.8. The van der Waals surface area contributed by atoms with Gasteiger partial charge in [-0.05, 0) is 63.2 Å². The van der Waals surface area contributed by atoms with Gasteiger partial charge in [0.25, 0.3) is 0 Å². The number of hydrogen-bond acceptors (Lipinski definition) is 7. The lowest BCUT2D eigenvalue weighted by atomic mass is 9.79. The van der Waals surface area contributed by atoms with Gasteiger partial charge in [0, 0.05) is 31.9 Å². The summed E-state index contributed by atoms with van der Waals surface area (Å²) in [6.07, 6.45) is -4.83. The van der Waals surface area contributed by atoms with Crippen molar-refractivity contribution in [1.29, 1.82) is 5.26 Å². The Kier molecular flexibility index (Phi) is 7.40. The van der Waals surface area contributed by atoms with Crippen LogP contribution >= 0.6 is 0 Å². The first-order valence-corrected chi connectivity index (χ1v) is 13.5. The predicted octanol–water partition coefficient (Wildman–Crippen LogP) is 3.77. The molecule has 2 aromatic carbocycles.